The van der Waals surface area contributed by atoms with E-state index in [0.717, 1.165) is 64.2 Å². The van der Waals surface area contributed by atoms with Gasteiger partial charge in [-0.3, -0.25) is 4.79 Å². The van der Waals surface area contributed by atoms with Crippen molar-refractivity contribution in [2.75, 3.05) is 13.2 Å². The van der Waals surface area contributed by atoms with Crippen molar-refractivity contribution in [2.45, 2.75) is 185 Å². The van der Waals surface area contributed by atoms with Crippen LogP contribution in [-0.2, 0) is 14.3 Å². The van der Waals surface area contributed by atoms with Crippen LogP contribution in [0.4, 0.5) is 0 Å². The van der Waals surface area contributed by atoms with Gasteiger partial charge in [0.15, 0.2) is 6.29 Å². The number of allylic oxidation sites excluding steroid dienone is 5. The molecular weight excluding hydrogens is 598 g/mol. The number of ether oxygens (including phenoxy) is 2. The fraction of sp³-hybridized carbons (Fsp3) is 0.816. The molecule has 1 fully saturated rings. The summed E-state index contributed by atoms with van der Waals surface area (Å²) in [4.78, 5) is 12.8. The van der Waals surface area contributed by atoms with Crippen LogP contribution in [0, 0.1) is 0 Å². The van der Waals surface area contributed by atoms with E-state index in [2.05, 4.69) is 43.5 Å². The quantitative estimate of drug-likeness (QED) is 0.0411. The molecule has 1 heterocycles. The summed E-state index contributed by atoms with van der Waals surface area (Å²) in [5.41, 5.74) is 0. The monoisotopic (exact) mass is 668 g/mol. The summed E-state index contributed by atoms with van der Waals surface area (Å²) in [6.45, 7) is 3.67. The Morgan fingerprint density at radius 2 is 1.26 bits per heavy atom. The van der Waals surface area contributed by atoms with Crippen molar-refractivity contribution in [1.82, 2.24) is 5.32 Å². The van der Waals surface area contributed by atoms with Crippen molar-refractivity contribution in [3.8, 4) is 0 Å². The second-order valence-corrected chi connectivity index (χ2v) is 13.0. The van der Waals surface area contributed by atoms with E-state index < -0.39 is 49.5 Å². The fourth-order valence-electron chi connectivity index (χ4n) is 5.59. The lowest BCUT2D eigenvalue weighted by Gasteiger charge is -2.40. The summed E-state index contributed by atoms with van der Waals surface area (Å²) in [5.74, 6) is -0.197. The Bertz CT molecular complexity index is 833. The molecule has 1 amide bonds. The third-order valence-electron chi connectivity index (χ3n) is 8.71. The smallest absolute Gasteiger partial charge is 0.220 e. The van der Waals surface area contributed by atoms with E-state index in [9.17, 15) is 30.3 Å². The minimum atomic E-state index is -1.57. The van der Waals surface area contributed by atoms with Gasteiger partial charge < -0.3 is 40.3 Å². The van der Waals surface area contributed by atoms with Crippen molar-refractivity contribution >= 4 is 5.91 Å². The van der Waals surface area contributed by atoms with Crippen LogP contribution < -0.4 is 5.32 Å². The predicted molar refractivity (Wildman–Crippen MR) is 189 cm³/mol. The average Bonchev–Trinajstić information content (AvgIpc) is 3.07. The number of carbonyl (C=O) groups excluding carboxylic acids is 1. The van der Waals surface area contributed by atoms with Crippen LogP contribution in [-0.4, -0.2) is 87.5 Å². The van der Waals surface area contributed by atoms with E-state index in [0.29, 0.717) is 6.42 Å². The highest BCUT2D eigenvalue weighted by Gasteiger charge is 2.44. The molecule has 47 heavy (non-hydrogen) atoms. The molecule has 274 valence electrons. The molecule has 6 N–H and O–H groups in total. The molecule has 9 nitrogen and oxygen atoms in total. The maximum absolute atomic E-state index is 12.8. The summed E-state index contributed by atoms with van der Waals surface area (Å²) >= 11 is 0. The largest absolute Gasteiger partial charge is 0.394 e. The molecule has 0 aliphatic carbocycles. The zero-order chi connectivity index (χ0) is 34.5. The Balaban J connectivity index is 2.46. The Hall–Kier alpha value is -1.59. The molecule has 0 spiro atoms. The van der Waals surface area contributed by atoms with Gasteiger partial charge in [-0.2, -0.15) is 0 Å². The minimum absolute atomic E-state index is 0.195. The molecule has 0 aromatic carbocycles. The SMILES string of the molecule is CCCCC/C=C/C/C=C/CCCCCCCC(=O)N[C@@H](CO[C@H]1O[C@@H](CO)[C@H](O)C(O)C1O)[C@H](O)/C=C/CCCCCCCCC. The van der Waals surface area contributed by atoms with Gasteiger partial charge in [-0.25, -0.2) is 0 Å². The van der Waals surface area contributed by atoms with Crippen molar-refractivity contribution in [3.05, 3.63) is 36.5 Å². The average molecular weight is 668 g/mol. The molecular formula is C38H69NO8. The summed E-state index contributed by atoms with van der Waals surface area (Å²) in [6, 6.07) is -0.807. The summed E-state index contributed by atoms with van der Waals surface area (Å²) in [6.07, 6.45) is 26.2. The van der Waals surface area contributed by atoms with Gasteiger partial charge in [0, 0.05) is 6.42 Å². The zero-order valence-electron chi connectivity index (χ0n) is 29.5. The van der Waals surface area contributed by atoms with Gasteiger partial charge in [0.2, 0.25) is 5.91 Å². The molecule has 1 saturated heterocycles. The number of hydrogen-bond donors (Lipinski definition) is 6. The second kappa shape index (κ2) is 29.3. The van der Waals surface area contributed by atoms with Gasteiger partial charge in [0.05, 0.1) is 25.4 Å². The number of amides is 1. The first kappa shape index (κ1) is 43.4. The zero-order valence-corrected chi connectivity index (χ0v) is 29.5. The van der Waals surface area contributed by atoms with E-state index >= 15 is 0 Å². The molecule has 1 rings (SSSR count). The molecule has 0 saturated carbocycles. The van der Waals surface area contributed by atoms with E-state index in [1.54, 1.807) is 6.08 Å². The third-order valence-corrected chi connectivity index (χ3v) is 8.71. The Morgan fingerprint density at radius 1 is 0.723 bits per heavy atom. The first-order chi connectivity index (χ1) is 22.8. The van der Waals surface area contributed by atoms with Gasteiger partial charge in [0.1, 0.15) is 24.4 Å². The number of aliphatic hydroxyl groups is 5. The van der Waals surface area contributed by atoms with Crippen molar-refractivity contribution < 1.29 is 39.8 Å². The van der Waals surface area contributed by atoms with Crippen LogP contribution >= 0.6 is 0 Å². The first-order valence-corrected chi connectivity index (χ1v) is 18.7. The van der Waals surface area contributed by atoms with Crippen LogP contribution in [0.3, 0.4) is 0 Å². The standard InChI is InChI=1S/C38H69NO8/c1-3-5-7-9-11-13-14-15-16-17-18-20-22-24-26-28-34(42)39-31(32(41)27-25-23-21-19-12-10-8-6-4-2)30-46-38-37(45)36(44)35(43)33(29-40)47-38/h11,13,15-16,25,27,31-33,35-38,40-41,43-45H,3-10,12,14,17-24,26,28-30H2,1-2H3,(H,39,42)/b13-11+,16-15+,27-25+/t31-,32+,33-,35-,36?,37?,38-/m0/s1. The van der Waals surface area contributed by atoms with Crippen molar-refractivity contribution in [3.63, 3.8) is 0 Å². The maximum Gasteiger partial charge on any atom is 0.220 e. The van der Waals surface area contributed by atoms with Crippen molar-refractivity contribution in [2.24, 2.45) is 0 Å². The van der Waals surface area contributed by atoms with E-state index in [1.165, 1.54) is 57.8 Å². The van der Waals surface area contributed by atoms with Gasteiger partial charge in [-0.15, -0.1) is 0 Å². The summed E-state index contributed by atoms with van der Waals surface area (Å²) < 4.78 is 11.1. The van der Waals surface area contributed by atoms with Crippen LogP contribution in [0.2, 0.25) is 0 Å². The molecule has 1 aliphatic rings. The van der Waals surface area contributed by atoms with E-state index in [-0.39, 0.29) is 12.5 Å². The number of rotatable bonds is 29. The van der Waals surface area contributed by atoms with Gasteiger partial charge in [-0.05, 0) is 51.4 Å². The fourth-order valence-corrected chi connectivity index (χ4v) is 5.59. The van der Waals surface area contributed by atoms with Crippen LogP contribution in [0.5, 0.6) is 0 Å². The Morgan fingerprint density at radius 3 is 1.87 bits per heavy atom. The minimum Gasteiger partial charge on any atom is -0.394 e. The van der Waals surface area contributed by atoms with Crippen molar-refractivity contribution in [1.29, 1.82) is 0 Å². The normalized spacial score (nSPS) is 23.3. The highest BCUT2D eigenvalue weighted by molar-refractivity contribution is 5.76. The van der Waals surface area contributed by atoms with Crippen LogP contribution in [0.1, 0.15) is 142 Å². The lowest BCUT2D eigenvalue weighted by molar-refractivity contribution is -0.302. The van der Waals surface area contributed by atoms with E-state index in [4.69, 9.17) is 9.47 Å². The molecule has 0 aromatic heterocycles. The van der Waals surface area contributed by atoms with E-state index in [1.807, 2.05) is 6.08 Å². The Labute approximate surface area is 285 Å². The van der Waals surface area contributed by atoms with Gasteiger partial charge in [-0.1, -0.05) is 121 Å². The lowest BCUT2D eigenvalue weighted by Crippen LogP contribution is -2.60. The second-order valence-electron chi connectivity index (χ2n) is 13.0. The molecule has 0 aromatic rings. The molecule has 1 aliphatic heterocycles. The van der Waals surface area contributed by atoms with Crippen LogP contribution in [0.15, 0.2) is 36.5 Å². The predicted octanol–water partition coefficient (Wildman–Crippen LogP) is 6.16. The Kier molecular flexibility index (Phi) is 27.1. The summed E-state index contributed by atoms with van der Waals surface area (Å²) in [5, 5.41) is 53.7. The molecule has 7 atom stereocenters. The molecule has 2 unspecified atom stereocenters. The molecule has 9 heteroatoms. The van der Waals surface area contributed by atoms with Crippen LogP contribution in [0.25, 0.3) is 0 Å². The molecule has 0 bridgehead atoms. The topological polar surface area (TPSA) is 149 Å². The number of carbonyl (C=O) groups is 1. The van der Waals surface area contributed by atoms with Gasteiger partial charge >= 0.3 is 0 Å². The number of hydrogen-bond acceptors (Lipinski definition) is 8. The number of unbranched alkanes of at least 4 members (excludes halogenated alkanes) is 15. The maximum atomic E-state index is 12.8. The third kappa shape index (κ3) is 21.2. The highest BCUT2D eigenvalue weighted by atomic mass is 16.7. The first-order valence-electron chi connectivity index (χ1n) is 18.7. The van der Waals surface area contributed by atoms with Gasteiger partial charge in [0.25, 0.3) is 0 Å². The summed E-state index contributed by atoms with van der Waals surface area (Å²) in [7, 11) is 0. The lowest BCUT2D eigenvalue weighted by atomic mass is 9.99. The number of aliphatic hydroxyl groups excluding tert-OH is 5. The molecule has 0 radical (unpaired) electrons. The highest BCUT2D eigenvalue weighted by Crippen LogP contribution is 2.22. The number of nitrogens with one attached hydrogen (secondary N) is 1.